The molecular weight excluding hydrogens is 512 g/mol. The molecule has 9 heteroatoms. The van der Waals surface area contributed by atoms with Gasteiger partial charge in [0.25, 0.3) is 5.91 Å². The molecule has 1 amide bonds. The molecule has 4 rings (SSSR count). The van der Waals surface area contributed by atoms with Crippen LogP contribution in [-0.4, -0.2) is 30.0 Å². The number of halogens is 5. The molecule has 1 fully saturated rings. The molecule has 36 heavy (non-hydrogen) atoms. The van der Waals surface area contributed by atoms with E-state index in [2.05, 4.69) is 0 Å². The Morgan fingerprint density at radius 1 is 1.03 bits per heavy atom. The number of hydrogen-bond acceptors (Lipinski definition) is 3. The van der Waals surface area contributed by atoms with E-state index < -0.39 is 17.8 Å². The van der Waals surface area contributed by atoms with E-state index in [9.17, 15) is 18.0 Å². The van der Waals surface area contributed by atoms with Crippen LogP contribution in [0.25, 0.3) is 0 Å². The van der Waals surface area contributed by atoms with E-state index >= 15 is 0 Å². The number of ether oxygens (including phenoxy) is 1. The van der Waals surface area contributed by atoms with E-state index in [1.54, 1.807) is 41.3 Å². The smallest absolute Gasteiger partial charge is 0.416 e. The van der Waals surface area contributed by atoms with Gasteiger partial charge in [0.1, 0.15) is 11.9 Å². The summed E-state index contributed by atoms with van der Waals surface area (Å²) in [6.07, 6.45) is -4.86. The van der Waals surface area contributed by atoms with Crippen LogP contribution in [0.3, 0.4) is 0 Å². The normalized spacial score (nSPS) is 18.5. The van der Waals surface area contributed by atoms with Gasteiger partial charge in [-0.3, -0.25) is 4.79 Å². The molecule has 0 saturated carbocycles. The lowest BCUT2D eigenvalue weighted by Gasteiger charge is -2.26. The fourth-order valence-corrected chi connectivity index (χ4v) is 4.77. The van der Waals surface area contributed by atoms with Crippen LogP contribution < -0.4 is 4.74 Å². The van der Waals surface area contributed by atoms with Crippen LogP contribution in [0.4, 0.5) is 13.2 Å². The predicted octanol–water partition coefficient (Wildman–Crippen LogP) is 7.21. The lowest BCUT2D eigenvalue weighted by Crippen LogP contribution is -2.32. The molecule has 0 unspecified atom stereocenters. The van der Waals surface area contributed by atoms with Crippen LogP contribution in [0.1, 0.15) is 39.9 Å². The van der Waals surface area contributed by atoms with Crippen LogP contribution >= 0.6 is 23.2 Å². The first-order valence-electron chi connectivity index (χ1n) is 11.1. The van der Waals surface area contributed by atoms with E-state index in [1.807, 2.05) is 19.1 Å². The fraction of sp³-hybridized carbons (Fsp3) is 0.259. The van der Waals surface area contributed by atoms with Crippen molar-refractivity contribution in [1.29, 1.82) is 5.26 Å². The van der Waals surface area contributed by atoms with E-state index in [4.69, 9.17) is 33.2 Å². The minimum atomic E-state index is -4.43. The summed E-state index contributed by atoms with van der Waals surface area (Å²) in [6.45, 7) is 2.59. The van der Waals surface area contributed by atoms with Crippen molar-refractivity contribution in [2.24, 2.45) is 5.92 Å². The minimum Gasteiger partial charge on any atom is -0.490 e. The van der Waals surface area contributed by atoms with Gasteiger partial charge in [0, 0.05) is 30.5 Å². The maximum atomic E-state index is 13.3. The Kier molecular flexibility index (Phi) is 7.49. The molecule has 0 aromatic heterocycles. The average Bonchev–Trinajstić information content (AvgIpc) is 3.31. The molecule has 1 aliphatic rings. The van der Waals surface area contributed by atoms with Crippen molar-refractivity contribution in [3.05, 3.63) is 99.0 Å². The Morgan fingerprint density at radius 3 is 2.28 bits per heavy atom. The zero-order valence-corrected chi connectivity index (χ0v) is 20.6. The molecule has 0 bridgehead atoms. The number of nitriles is 1. The van der Waals surface area contributed by atoms with Gasteiger partial charge in [-0.15, -0.1) is 0 Å². The van der Waals surface area contributed by atoms with Gasteiger partial charge < -0.3 is 9.64 Å². The number of hydrogen-bond donors (Lipinski definition) is 0. The van der Waals surface area contributed by atoms with Crippen LogP contribution in [0.2, 0.25) is 10.0 Å². The fourth-order valence-electron chi connectivity index (χ4n) is 4.46. The summed E-state index contributed by atoms with van der Waals surface area (Å²) in [5, 5.41) is 9.82. The monoisotopic (exact) mass is 532 g/mol. The topological polar surface area (TPSA) is 53.3 Å². The third-order valence-electron chi connectivity index (χ3n) is 6.39. The molecule has 3 atom stereocenters. The highest BCUT2D eigenvalue weighted by Crippen LogP contribution is 2.39. The molecule has 186 valence electrons. The zero-order chi connectivity index (χ0) is 26.0. The molecule has 0 aliphatic carbocycles. The van der Waals surface area contributed by atoms with Crippen molar-refractivity contribution in [3.8, 4) is 11.8 Å². The summed E-state index contributed by atoms with van der Waals surface area (Å²) >= 11 is 12.4. The Labute approximate surface area is 216 Å². The molecule has 0 N–H and O–H groups in total. The summed E-state index contributed by atoms with van der Waals surface area (Å²) in [6, 6.07) is 18.3. The van der Waals surface area contributed by atoms with Gasteiger partial charge in [-0.05, 0) is 73.2 Å². The lowest BCUT2D eigenvalue weighted by molar-refractivity contribution is -0.137. The molecule has 3 aromatic rings. The van der Waals surface area contributed by atoms with Gasteiger partial charge in [-0.25, -0.2) is 0 Å². The Morgan fingerprint density at radius 2 is 1.69 bits per heavy atom. The van der Waals surface area contributed by atoms with Crippen LogP contribution in [0.5, 0.6) is 5.75 Å². The molecule has 3 aromatic carbocycles. The van der Waals surface area contributed by atoms with Gasteiger partial charge in [-0.1, -0.05) is 29.3 Å². The highest BCUT2D eigenvalue weighted by molar-refractivity contribution is 6.42. The van der Waals surface area contributed by atoms with E-state index in [-0.39, 0.29) is 17.7 Å². The maximum Gasteiger partial charge on any atom is 0.416 e. The Balaban J connectivity index is 1.59. The Hall–Kier alpha value is -3.21. The number of carbonyl (C=O) groups excluding carboxylic acids is 1. The van der Waals surface area contributed by atoms with E-state index in [1.165, 1.54) is 12.1 Å². The number of alkyl halides is 3. The predicted molar refractivity (Wildman–Crippen MR) is 131 cm³/mol. The van der Waals surface area contributed by atoms with E-state index in [0.717, 1.165) is 17.7 Å². The number of amides is 1. The number of nitrogens with zero attached hydrogens (tertiary/aromatic N) is 2. The molecule has 1 saturated heterocycles. The second-order valence-corrected chi connectivity index (χ2v) is 9.50. The summed E-state index contributed by atoms with van der Waals surface area (Å²) in [5.74, 6) is -0.201. The van der Waals surface area contributed by atoms with Crippen LogP contribution in [0, 0.1) is 17.2 Å². The van der Waals surface area contributed by atoms with Gasteiger partial charge in [-0.2, -0.15) is 18.4 Å². The number of carbonyl (C=O) groups is 1. The lowest BCUT2D eigenvalue weighted by atomic mass is 9.85. The summed E-state index contributed by atoms with van der Waals surface area (Å²) in [5.41, 5.74) is 1.04. The second-order valence-electron chi connectivity index (χ2n) is 8.69. The SMILES string of the molecule is C[C@@H](Oc1ccc(C(F)(F)F)cc1)[C@@H]1CN(C(=O)c2ccc(C#N)cc2)C[C@H]1c1ccc(Cl)c(Cl)c1. The minimum absolute atomic E-state index is 0.147. The second kappa shape index (κ2) is 10.4. The number of benzene rings is 3. The average molecular weight is 533 g/mol. The van der Waals surface area contributed by atoms with Gasteiger partial charge in [0.15, 0.2) is 0 Å². The molecular formula is C27H21Cl2F3N2O2. The Bertz CT molecular complexity index is 1290. The first-order valence-corrected chi connectivity index (χ1v) is 11.9. The highest BCUT2D eigenvalue weighted by Gasteiger charge is 2.40. The molecule has 1 heterocycles. The van der Waals surface area contributed by atoms with Crippen molar-refractivity contribution in [1.82, 2.24) is 4.90 Å². The number of likely N-dealkylation sites (tertiary alicyclic amines) is 1. The van der Waals surface area contributed by atoms with Crippen molar-refractivity contribution in [2.75, 3.05) is 13.1 Å². The van der Waals surface area contributed by atoms with Crippen molar-refractivity contribution in [3.63, 3.8) is 0 Å². The summed E-state index contributed by atoms with van der Waals surface area (Å²) in [4.78, 5) is 15.0. The van der Waals surface area contributed by atoms with Gasteiger partial charge >= 0.3 is 6.18 Å². The maximum absolute atomic E-state index is 13.3. The first-order chi connectivity index (χ1) is 17.1. The van der Waals surface area contributed by atoms with Crippen LogP contribution in [-0.2, 0) is 6.18 Å². The molecule has 1 aliphatic heterocycles. The molecule has 4 nitrogen and oxygen atoms in total. The van der Waals surface area contributed by atoms with Crippen molar-refractivity contribution < 1.29 is 22.7 Å². The molecule has 0 radical (unpaired) electrons. The summed E-state index contributed by atoms with van der Waals surface area (Å²) < 4.78 is 44.8. The quantitative estimate of drug-likeness (QED) is 0.349. The molecule has 0 spiro atoms. The third kappa shape index (κ3) is 5.61. The largest absolute Gasteiger partial charge is 0.490 e. The van der Waals surface area contributed by atoms with E-state index in [0.29, 0.717) is 40.0 Å². The number of rotatable bonds is 5. The standard InChI is InChI=1S/C27H21Cl2F3N2O2/c1-16(36-21-9-7-20(8-10-21)27(30,31)32)22-14-34(26(35)18-4-2-17(13-33)3-5-18)15-23(22)19-6-11-24(28)25(29)12-19/h2-12,16,22-23H,14-15H2,1H3/t16-,22+,23+/m1/s1. The zero-order valence-electron chi connectivity index (χ0n) is 19.1. The highest BCUT2D eigenvalue weighted by atomic mass is 35.5. The first kappa shape index (κ1) is 25.9. The third-order valence-corrected chi connectivity index (χ3v) is 7.13. The van der Waals surface area contributed by atoms with Gasteiger partial charge in [0.05, 0.1) is 27.2 Å². The van der Waals surface area contributed by atoms with Crippen molar-refractivity contribution in [2.45, 2.75) is 25.1 Å². The van der Waals surface area contributed by atoms with Crippen molar-refractivity contribution >= 4 is 29.1 Å². The summed E-state index contributed by atoms with van der Waals surface area (Å²) in [7, 11) is 0. The van der Waals surface area contributed by atoms with Gasteiger partial charge in [0.2, 0.25) is 0 Å². The van der Waals surface area contributed by atoms with Crippen LogP contribution in [0.15, 0.2) is 66.7 Å².